The van der Waals surface area contributed by atoms with Crippen LogP contribution in [0.5, 0.6) is 5.75 Å². The summed E-state index contributed by atoms with van der Waals surface area (Å²) in [6.45, 7) is 11.2. The van der Waals surface area contributed by atoms with Crippen molar-refractivity contribution in [3.63, 3.8) is 0 Å². The fourth-order valence-corrected chi connectivity index (χ4v) is 4.05. The lowest BCUT2D eigenvalue weighted by molar-refractivity contribution is -0.132. The van der Waals surface area contributed by atoms with E-state index in [0.717, 1.165) is 18.6 Å². The van der Waals surface area contributed by atoms with Gasteiger partial charge in [-0.2, -0.15) is 0 Å². The molecular formula is C23H34O2. The van der Waals surface area contributed by atoms with Crippen LogP contribution in [-0.4, -0.2) is 12.4 Å². The standard InChI is InChI=1S/C23H34O2/c1-16(2)22(25-21-14-11-18-7-6-8-20(18)21)24-19-12-9-17(10-13-19)15-23(3,4)5/h9-10,12-13,16,21-22H,6-8,11,14-15H2,1-5H3. The number of rotatable bonds is 6. The summed E-state index contributed by atoms with van der Waals surface area (Å²) in [7, 11) is 0. The Morgan fingerprint density at radius 1 is 1.04 bits per heavy atom. The SMILES string of the molecule is CC(C)C(Oc1ccc(CC(C)(C)C)cc1)OC1CCC2=C1CCC2. The predicted octanol–water partition coefficient (Wildman–Crippen LogP) is 6.30. The molecule has 0 amide bonds. The second-order valence-electron chi connectivity index (χ2n) is 9.26. The van der Waals surface area contributed by atoms with E-state index in [0.29, 0.717) is 11.3 Å². The highest BCUT2D eigenvalue weighted by molar-refractivity contribution is 5.29. The van der Waals surface area contributed by atoms with Crippen LogP contribution in [0.4, 0.5) is 0 Å². The molecule has 0 aromatic heterocycles. The molecule has 138 valence electrons. The fourth-order valence-electron chi connectivity index (χ4n) is 4.05. The van der Waals surface area contributed by atoms with Crippen LogP contribution >= 0.6 is 0 Å². The minimum atomic E-state index is -0.175. The Hall–Kier alpha value is -1.28. The van der Waals surface area contributed by atoms with E-state index in [9.17, 15) is 0 Å². The zero-order valence-corrected chi connectivity index (χ0v) is 16.6. The first-order chi connectivity index (χ1) is 11.8. The largest absolute Gasteiger partial charge is 0.465 e. The van der Waals surface area contributed by atoms with Crippen molar-refractivity contribution in [3.05, 3.63) is 41.0 Å². The highest BCUT2D eigenvalue weighted by Gasteiger charge is 2.32. The van der Waals surface area contributed by atoms with Crippen molar-refractivity contribution in [2.75, 3.05) is 0 Å². The molecule has 0 fully saturated rings. The Morgan fingerprint density at radius 3 is 2.40 bits per heavy atom. The van der Waals surface area contributed by atoms with Gasteiger partial charge < -0.3 is 9.47 Å². The smallest absolute Gasteiger partial charge is 0.202 e. The zero-order valence-electron chi connectivity index (χ0n) is 16.6. The maximum absolute atomic E-state index is 6.42. The maximum atomic E-state index is 6.42. The number of benzene rings is 1. The topological polar surface area (TPSA) is 18.5 Å². The minimum absolute atomic E-state index is 0.175. The van der Waals surface area contributed by atoms with Crippen molar-refractivity contribution in [3.8, 4) is 5.75 Å². The molecular weight excluding hydrogens is 308 g/mol. The molecule has 2 unspecified atom stereocenters. The average molecular weight is 343 g/mol. The van der Waals surface area contributed by atoms with Gasteiger partial charge >= 0.3 is 0 Å². The Labute approximate surface area is 153 Å². The molecule has 0 spiro atoms. The van der Waals surface area contributed by atoms with Crippen LogP contribution in [0.25, 0.3) is 0 Å². The molecule has 0 saturated heterocycles. The van der Waals surface area contributed by atoms with Gasteiger partial charge in [0.25, 0.3) is 0 Å². The van der Waals surface area contributed by atoms with Gasteiger partial charge in [0.15, 0.2) is 0 Å². The van der Waals surface area contributed by atoms with E-state index < -0.39 is 0 Å². The summed E-state index contributed by atoms with van der Waals surface area (Å²) in [6.07, 6.45) is 7.39. The second-order valence-corrected chi connectivity index (χ2v) is 9.26. The van der Waals surface area contributed by atoms with Gasteiger partial charge in [-0.05, 0) is 67.2 Å². The molecule has 0 bridgehead atoms. The molecule has 2 heteroatoms. The molecule has 2 atom stereocenters. The van der Waals surface area contributed by atoms with Crippen molar-refractivity contribution in [2.24, 2.45) is 11.3 Å². The third-order valence-electron chi connectivity index (χ3n) is 5.23. The molecule has 0 N–H and O–H groups in total. The van der Waals surface area contributed by atoms with Gasteiger partial charge in [-0.1, -0.05) is 52.3 Å². The van der Waals surface area contributed by atoms with Crippen LogP contribution in [0.2, 0.25) is 0 Å². The zero-order chi connectivity index (χ0) is 18.0. The van der Waals surface area contributed by atoms with Crippen molar-refractivity contribution >= 4 is 0 Å². The van der Waals surface area contributed by atoms with Gasteiger partial charge in [-0.25, -0.2) is 0 Å². The van der Waals surface area contributed by atoms with E-state index in [1.165, 1.54) is 31.2 Å². The number of hydrogen-bond donors (Lipinski definition) is 0. The molecule has 2 aliphatic rings. The Morgan fingerprint density at radius 2 is 1.76 bits per heavy atom. The Kier molecular flexibility index (Phi) is 5.58. The quantitative estimate of drug-likeness (QED) is 0.446. The van der Waals surface area contributed by atoms with E-state index in [4.69, 9.17) is 9.47 Å². The normalized spacial score (nSPS) is 21.8. The summed E-state index contributed by atoms with van der Waals surface area (Å²) in [4.78, 5) is 0. The average Bonchev–Trinajstić information content (AvgIpc) is 3.11. The summed E-state index contributed by atoms with van der Waals surface area (Å²) >= 11 is 0. The first-order valence-corrected chi connectivity index (χ1v) is 9.94. The number of ether oxygens (including phenoxy) is 2. The highest BCUT2D eigenvalue weighted by Crippen LogP contribution is 2.41. The molecule has 0 heterocycles. The Bertz CT molecular complexity index is 604. The number of allylic oxidation sites excluding steroid dienone is 1. The predicted molar refractivity (Wildman–Crippen MR) is 104 cm³/mol. The minimum Gasteiger partial charge on any atom is -0.465 e. The lowest BCUT2D eigenvalue weighted by Gasteiger charge is -2.27. The van der Waals surface area contributed by atoms with Gasteiger partial charge in [0, 0.05) is 5.92 Å². The van der Waals surface area contributed by atoms with Crippen LogP contribution in [0.3, 0.4) is 0 Å². The van der Waals surface area contributed by atoms with E-state index in [1.54, 1.807) is 11.1 Å². The summed E-state index contributed by atoms with van der Waals surface area (Å²) in [6, 6.07) is 8.56. The van der Waals surface area contributed by atoms with Gasteiger partial charge in [-0.3, -0.25) is 0 Å². The molecule has 1 aromatic carbocycles. The third kappa shape index (κ3) is 4.88. The molecule has 0 radical (unpaired) electrons. The second kappa shape index (κ2) is 7.53. The maximum Gasteiger partial charge on any atom is 0.202 e. The molecule has 3 rings (SSSR count). The van der Waals surface area contributed by atoms with Crippen LogP contribution in [0.15, 0.2) is 35.4 Å². The summed E-state index contributed by atoms with van der Waals surface area (Å²) < 4.78 is 12.6. The fraction of sp³-hybridized carbons (Fsp3) is 0.652. The lowest BCUT2D eigenvalue weighted by atomic mass is 9.88. The first-order valence-electron chi connectivity index (χ1n) is 9.94. The van der Waals surface area contributed by atoms with Crippen LogP contribution < -0.4 is 4.74 Å². The summed E-state index contributed by atoms with van der Waals surface area (Å²) in [5, 5.41) is 0. The van der Waals surface area contributed by atoms with Gasteiger partial charge in [0.1, 0.15) is 5.75 Å². The van der Waals surface area contributed by atoms with E-state index in [2.05, 4.69) is 58.9 Å². The Balaban J connectivity index is 1.62. The third-order valence-corrected chi connectivity index (χ3v) is 5.23. The van der Waals surface area contributed by atoms with Crippen molar-refractivity contribution < 1.29 is 9.47 Å². The first kappa shape index (κ1) is 18.5. The highest BCUT2D eigenvalue weighted by atomic mass is 16.7. The summed E-state index contributed by atoms with van der Waals surface area (Å²) in [5.41, 5.74) is 4.91. The molecule has 2 nitrogen and oxygen atoms in total. The van der Waals surface area contributed by atoms with E-state index in [1.807, 2.05) is 0 Å². The molecule has 25 heavy (non-hydrogen) atoms. The van der Waals surface area contributed by atoms with Crippen LogP contribution in [0, 0.1) is 11.3 Å². The lowest BCUT2D eigenvalue weighted by Crippen LogP contribution is -2.31. The summed E-state index contributed by atoms with van der Waals surface area (Å²) in [5.74, 6) is 1.25. The van der Waals surface area contributed by atoms with E-state index >= 15 is 0 Å². The van der Waals surface area contributed by atoms with Crippen LogP contribution in [-0.2, 0) is 11.2 Å². The molecule has 2 aliphatic carbocycles. The van der Waals surface area contributed by atoms with Crippen LogP contribution in [0.1, 0.15) is 72.3 Å². The molecule has 0 aliphatic heterocycles. The van der Waals surface area contributed by atoms with Crippen molar-refractivity contribution in [1.82, 2.24) is 0 Å². The molecule has 0 saturated carbocycles. The van der Waals surface area contributed by atoms with Gasteiger partial charge in [-0.15, -0.1) is 0 Å². The van der Waals surface area contributed by atoms with Crippen molar-refractivity contribution in [2.45, 2.75) is 85.5 Å². The van der Waals surface area contributed by atoms with Gasteiger partial charge in [0.05, 0.1) is 6.10 Å². The van der Waals surface area contributed by atoms with Crippen molar-refractivity contribution in [1.29, 1.82) is 0 Å². The monoisotopic (exact) mass is 342 g/mol. The number of hydrogen-bond acceptors (Lipinski definition) is 2. The van der Waals surface area contributed by atoms with Gasteiger partial charge in [0.2, 0.25) is 6.29 Å². The molecule has 1 aromatic rings. The van der Waals surface area contributed by atoms with E-state index in [-0.39, 0.29) is 12.4 Å².